The fourth-order valence-corrected chi connectivity index (χ4v) is 2.89. The monoisotopic (exact) mass is 301 g/mol. The van der Waals surface area contributed by atoms with Crippen molar-refractivity contribution >= 4 is 11.6 Å². The highest BCUT2D eigenvalue weighted by Crippen LogP contribution is 2.13. The third-order valence-corrected chi connectivity index (χ3v) is 3.94. The molecule has 21 heavy (non-hydrogen) atoms. The lowest BCUT2D eigenvalue weighted by Gasteiger charge is -2.20. The number of hydrogen-bond acceptors (Lipinski definition) is 1. The molecule has 1 nitrogen and oxygen atoms in total. The Labute approximate surface area is 133 Å². The van der Waals surface area contributed by atoms with Crippen LogP contribution in [0, 0.1) is 0 Å². The highest BCUT2D eigenvalue weighted by molar-refractivity contribution is 6.30. The van der Waals surface area contributed by atoms with Gasteiger partial charge in [-0.1, -0.05) is 54.1 Å². The lowest BCUT2D eigenvalue weighted by atomic mass is 10.0. The van der Waals surface area contributed by atoms with Crippen molar-refractivity contribution < 1.29 is 0 Å². The SMILES string of the molecule is CC(CCc1ccccc1)NC(C)Cc1cccc(Cl)c1. The Morgan fingerprint density at radius 3 is 2.33 bits per heavy atom. The normalized spacial score (nSPS) is 13.9. The summed E-state index contributed by atoms with van der Waals surface area (Å²) in [7, 11) is 0. The summed E-state index contributed by atoms with van der Waals surface area (Å²) in [6.45, 7) is 4.50. The minimum absolute atomic E-state index is 0.453. The first kappa shape index (κ1) is 16.1. The molecule has 2 rings (SSSR count). The summed E-state index contributed by atoms with van der Waals surface area (Å²) < 4.78 is 0. The smallest absolute Gasteiger partial charge is 0.0408 e. The Kier molecular flexibility index (Phi) is 6.28. The highest BCUT2D eigenvalue weighted by Gasteiger charge is 2.08. The van der Waals surface area contributed by atoms with Gasteiger partial charge < -0.3 is 5.32 Å². The molecule has 0 aliphatic heterocycles. The molecular weight excluding hydrogens is 278 g/mol. The van der Waals surface area contributed by atoms with Gasteiger partial charge >= 0.3 is 0 Å². The van der Waals surface area contributed by atoms with Gasteiger partial charge in [0.1, 0.15) is 0 Å². The maximum absolute atomic E-state index is 6.03. The predicted octanol–water partition coefficient (Wildman–Crippen LogP) is 4.88. The van der Waals surface area contributed by atoms with E-state index in [1.807, 2.05) is 18.2 Å². The average molecular weight is 302 g/mol. The quantitative estimate of drug-likeness (QED) is 0.768. The molecular formula is C19H24ClN. The van der Waals surface area contributed by atoms with Crippen LogP contribution in [0.3, 0.4) is 0 Å². The molecule has 0 aliphatic rings. The second kappa shape index (κ2) is 8.21. The second-order valence-electron chi connectivity index (χ2n) is 5.83. The number of benzene rings is 2. The van der Waals surface area contributed by atoms with Crippen molar-refractivity contribution in [3.8, 4) is 0 Å². The van der Waals surface area contributed by atoms with Crippen LogP contribution in [0.4, 0.5) is 0 Å². The topological polar surface area (TPSA) is 12.0 Å². The zero-order chi connectivity index (χ0) is 15.1. The maximum atomic E-state index is 6.03. The summed E-state index contributed by atoms with van der Waals surface area (Å²) in [5.74, 6) is 0. The molecule has 2 unspecified atom stereocenters. The van der Waals surface area contributed by atoms with Gasteiger partial charge in [-0.2, -0.15) is 0 Å². The van der Waals surface area contributed by atoms with Gasteiger partial charge in [0.05, 0.1) is 0 Å². The minimum Gasteiger partial charge on any atom is -0.311 e. The molecule has 0 aromatic heterocycles. The zero-order valence-corrected chi connectivity index (χ0v) is 13.6. The summed E-state index contributed by atoms with van der Waals surface area (Å²) in [6.07, 6.45) is 3.29. The first-order valence-electron chi connectivity index (χ1n) is 7.68. The van der Waals surface area contributed by atoms with E-state index >= 15 is 0 Å². The number of rotatable bonds is 7. The van der Waals surface area contributed by atoms with E-state index in [0.29, 0.717) is 12.1 Å². The summed E-state index contributed by atoms with van der Waals surface area (Å²) >= 11 is 6.03. The molecule has 0 spiro atoms. The Morgan fingerprint density at radius 1 is 0.905 bits per heavy atom. The number of nitrogens with one attached hydrogen (secondary N) is 1. The van der Waals surface area contributed by atoms with Crippen LogP contribution in [0.25, 0.3) is 0 Å². The Morgan fingerprint density at radius 2 is 1.62 bits per heavy atom. The first-order chi connectivity index (χ1) is 10.1. The van der Waals surface area contributed by atoms with Gasteiger partial charge in [-0.3, -0.25) is 0 Å². The van der Waals surface area contributed by atoms with E-state index in [4.69, 9.17) is 11.6 Å². The summed E-state index contributed by atoms with van der Waals surface area (Å²) in [4.78, 5) is 0. The first-order valence-corrected chi connectivity index (χ1v) is 8.05. The number of hydrogen-bond donors (Lipinski definition) is 1. The average Bonchev–Trinajstić information content (AvgIpc) is 2.46. The van der Waals surface area contributed by atoms with Crippen molar-refractivity contribution in [2.45, 2.75) is 45.2 Å². The molecule has 2 heteroatoms. The van der Waals surface area contributed by atoms with Gasteiger partial charge in [0.25, 0.3) is 0 Å². The molecule has 0 saturated heterocycles. The standard InChI is InChI=1S/C19H24ClN/c1-15(11-12-17-7-4-3-5-8-17)21-16(2)13-18-9-6-10-19(20)14-18/h3-10,14-16,21H,11-13H2,1-2H3. The molecule has 0 amide bonds. The van der Waals surface area contributed by atoms with Crippen LogP contribution in [-0.2, 0) is 12.8 Å². The third-order valence-electron chi connectivity index (χ3n) is 3.71. The molecule has 0 saturated carbocycles. The zero-order valence-electron chi connectivity index (χ0n) is 12.9. The van der Waals surface area contributed by atoms with Crippen LogP contribution in [0.1, 0.15) is 31.4 Å². The van der Waals surface area contributed by atoms with E-state index in [1.165, 1.54) is 11.1 Å². The molecule has 2 atom stereocenters. The Balaban J connectivity index is 1.75. The van der Waals surface area contributed by atoms with E-state index in [1.54, 1.807) is 0 Å². The largest absolute Gasteiger partial charge is 0.311 e. The molecule has 0 fully saturated rings. The lowest BCUT2D eigenvalue weighted by Crippen LogP contribution is -2.36. The highest BCUT2D eigenvalue weighted by atomic mass is 35.5. The van der Waals surface area contributed by atoms with Crippen LogP contribution in [0.5, 0.6) is 0 Å². The predicted molar refractivity (Wildman–Crippen MR) is 92.0 cm³/mol. The maximum Gasteiger partial charge on any atom is 0.0408 e. The fourth-order valence-electron chi connectivity index (χ4n) is 2.67. The van der Waals surface area contributed by atoms with Crippen molar-refractivity contribution in [1.82, 2.24) is 5.32 Å². The lowest BCUT2D eigenvalue weighted by molar-refractivity contribution is 0.444. The van der Waals surface area contributed by atoms with Gasteiger partial charge in [-0.15, -0.1) is 0 Å². The van der Waals surface area contributed by atoms with Crippen molar-refractivity contribution in [3.63, 3.8) is 0 Å². The number of halogens is 1. The molecule has 0 radical (unpaired) electrons. The van der Waals surface area contributed by atoms with Gasteiger partial charge in [0.2, 0.25) is 0 Å². The molecule has 0 aliphatic carbocycles. The number of aryl methyl sites for hydroxylation is 1. The van der Waals surface area contributed by atoms with Crippen molar-refractivity contribution in [2.24, 2.45) is 0 Å². The van der Waals surface area contributed by atoms with E-state index in [2.05, 4.69) is 55.6 Å². The third kappa shape index (κ3) is 5.91. The van der Waals surface area contributed by atoms with E-state index in [0.717, 1.165) is 24.3 Å². The summed E-state index contributed by atoms with van der Waals surface area (Å²) in [5.41, 5.74) is 2.70. The molecule has 112 valence electrons. The van der Waals surface area contributed by atoms with Crippen LogP contribution < -0.4 is 5.32 Å². The van der Waals surface area contributed by atoms with Crippen molar-refractivity contribution in [2.75, 3.05) is 0 Å². The van der Waals surface area contributed by atoms with Crippen molar-refractivity contribution in [3.05, 3.63) is 70.7 Å². The van der Waals surface area contributed by atoms with E-state index in [9.17, 15) is 0 Å². The van der Waals surface area contributed by atoms with Crippen LogP contribution in [0.15, 0.2) is 54.6 Å². The minimum atomic E-state index is 0.453. The summed E-state index contributed by atoms with van der Waals surface area (Å²) in [5, 5.41) is 4.49. The molecule has 2 aromatic rings. The van der Waals surface area contributed by atoms with Crippen LogP contribution in [0.2, 0.25) is 5.02 Å². The molecule has 2 aromatic carbocycles. The fraction of sp³-hybridized carbons (Fsp3) is 0.368. The van der Waals surface area contributed by atoms with Gasteiger partial charge in [-0.05, 0) is 56.4 Å². The van der Waals surface area contributed by atoms with Gasteiger partial charge in [0, 0.05) is 17.1 Å². The Hall–Kier alpha value is -1.31. The van der Waals surface area contributed by atoms with Crippen molar-refractivity contribution in [1.29, 1.82) is 0 Å². The van der Waals surface area contributed by atoms with Crippen LogP contribution >= 0.6 is 11.6 Å². The molecule has 0 heterocycles. The van der Waals surface area contributed by atoms with E-state index < -0.39 is 0 Å². The second-order valence-corrected chi connectivity index (χ2v) is 6.26. The molecule has 1 N–H and O–H groups in total. The van der Waals surface area contributed by atoms with Crippen LogP contribution in [-0.4, -0.2) is 12.1 Å². The Bertz CT molecular complexity index is 538. The van der Waals surface area contributed by atoms with Gasteiger partial charge in [-0.25, -0.2) is 0 Å². The molecule has 0 bridgehead atoms. The van der Waals surface area contributed by atoms with Gasteiger partial charge in [0.15, 0.2) is 0 Å². The van der Waals surface area contributed by atoms with E-state index in [-0.39, 0.29) is 0 Å². The summed E-state index contributed by atoms with van der Waals surface area (Å²) in [6, 6.07) is 19.8.